The zero-order chi connectivity index (χ0) is 17.7. The van der Waals surface area contributed by atoms with Crippen LogP contribution in [0.5, 0.6) is 11.5 Å². The second-order valence-electron chi connectivity index (χ2n) is 4.66. The van der Waals surface area contributed by atoms with Gasteiger partial charge >= 0.3 is 17.9 Å². The van der Waals surface area contributed by atoms with Gasteiger partial charge in [-0.05, 0) is 25.1 Å². The largest absolute Gasteiger partial charge is 0.493 e. The van der Waals surface area contributed by atoms with E-state index in [-0.39, 0.29) is 5.84 Å². The number of nitro groups is 1. The lowest BCUT2D eigenvalue weighted by molar-refractivity contribution is -0.493. The van der Waals surface area contributed by atoms with E-state index in [1.165, 1.54) is 13.2 Å². The van der Waals surface area contributed by atoms with Gasteiger partial charge in [0, 0.05) is 10.5 Å². The highest BCUT2D eigenvalue weighted by Gasteiger charge is 2.41. The quantitative estimate of drug-likeness (QED) is 0.467. The lowest BCUT2D eigenvalue weighted by Crippen LogP contribution is -2.50. The van der Waals surface area contributed by atoms with Gasteiger partial charge in [-0.2, -0.15) is 4.99 Å². The molecule has 0 aliphatic carbocycles. The van der Waals surface area contributed by atoms with Gasteiger partial charge in [0.25, 0.3) is 0 Å². The van der Waals surface area contributed by atoms with E-state index in [2.05, 4.69) is 10.3 Å². The van der Waals surface area contributed by atoms with Gasteiger partial charge in [0.1, 0.15) is 5.84 Å². The molecule has 0 bridgehead atoms. The van der Waals surface area contributed by atoms with E-state index < -0.39 is 22.8 Å². The minimum Gasteiger partial charge on any atom is -0.493 e. The predicted octanol–water partition coefficient (Wildman–Crippen LogP) is 0.807. The standard InChI is InChI=1S/C15H15N3O6/c1-3-24-13-9(5-4-6-10(13)23-2)7-8-11-16-14(19)12(18(21)22)15(20)17-11/h4-8,12H,3H2,1-2H3,(H,16,17,19,20)/b8-7+. The molecule has 0 saturated carbocycles. The molecular weight excluding hydrogens is 318 g/mol. The summed E-state index contributed by atoms with van der Waals surface area (Å²) in [5.41, 5.74) is 0.636. The highest BCUT2D eigenvalue weighted by atomic mass is 16.6. The Kier molecular flexibility index (Phi) is 5.25. The molecule has 1 unspecified atom stereocenters. The van der Waals surface area contributed by atoms with Crippen molar-refractivity contribution in [2.75, 3.05) is 13.7 Å². The normalized spacial score (nSPS) is 17.4. The number of methoxy groups -OCH3 is 1. The number of aliphatic imine (C=N–C) groups is 1. The maximum absolute atomic E-state index is 11.6. The van der Waals surface area contributed by atoms with E-state index in [1.807, 2.05) is 6.92 Å². The molecule has 1 aromatic carbocycles. The number of carbonyl (C=O) groups excluding carboxylic acids is 2. The van der Waals surface area contributed by atoms with Crippen molar-refractivity contribution in [1.29, 1.82) is 0 Å². The lowest BCUT2D eigenvalue weighted by Gasteiger charge is -2.13. The molecule has 0 aromatic heterocycles. The number of hydrogen-bond acceptors (Lipinski definition) is 6. The fourth-order valence-electron chi connectivity index (χ4n) is 2.07. The minimum atomic E-state index is -2.00. The van der Waals surface area contributed by atoms with Gasteiger partial charge in [-0.3, -0.25) is 19.7 Å². The number of rotatable bonds is 6. The van der Waals surface area contributed by atoms with Gasteiger partial charge < -0.3 is 14.8 Å². The van der Waals surface area contributed by atoms with E-state index in [4.69, 9.17) is 9.47 Å². The molecule has 0 radical (unpaired) electrons. The highest BCUT2D eigenvalue weighted by Crippen LogP contribution is 2.31. The summed E-state index contributed by atoms with van der Waals surface area (Å²) in [7, 11) is 1.51. The summed E-state index contributed by atoms with van der Waals surface area (Å²) in [6, 6.07) is 3.22. The van der Waals surface area contributed by atoms with Crippen molar-refractivity contribution in [3.05, 3.63) is 40.0 Å². The molecule has 1 N–H and O–H groups in total. The maximum Gasteiger partial charge on any atom is 0.368 e. The Balaban J connectivity index is 2.29. The molecule has 1 aliphatic heterocycles. The third kappa shape index (κ3) is 3.57. The number of ether oxygens (including phenoxy) is 2. The molecule has 0 spiro atoms. The average Bonchev–Trinajstić information content (AvgIpc) is 2.53. The monoisotopic (exact) mass is 333 g/mol. The number of para-hydroxylation sites is 1. The average molecular weight is 333 g/mol. The number of carbonyl (C=O) groups is 2. The summed E-state index contributed by atoms with van der Waals surface area (Å²) in [5.74, 6) is -1.18. The molecule has 1 heterocycles. The number of nitrogens with one attached hydrogen (secondary N) is 1. The van der Waals surface area contributed by atoms with E-state index in [0.29, 0.717) is 23.7 Å². The second-order valence-corrected chi connectivity index (χ2v) is 4.66. The Morgan fingerprint density at radius 3 is 2.71 bits per heavy atom. The van der Waals surface area contributed by atoms with Crippen LogP contribution in [0.4, 0.5) is 0 Å². The van der Waals surface area contributed by atoms with Crippen LogP contribution in [-0.4, -0.2) is 42.3 Å². The topological polar surface area (TPSA) is 120 Å². The number of amides is 2. The Morgan fingerprint density at radius 2 is 2.12 bits per heavy atom. The number of hydrogen-bond donors (Lipinski definition) is 1. The molecule has 1 aromatic rings. The molecule has 24 heavy (non-hydrogen) atoms. The zero-order valence-corrected chi connectivity index (χ0v) is 13.0. The first-order valence-corrected chi connectivity index (χ1v) is 7.02. The van der Waals surface area contributed by atoms with Crippen molar-refractivity contribution in [1.82, 2.24) is 5.32 Å². The molecule has 9 nitrogen and oxygen atoms in total. The van der Waals surface area contributed by atoms with Crippen LogP contribution in [0.2, 0.25) is 0 Å². The van der Waals surface area contributed by atoms with E-state index >= 15 is 0 Å². The van der Waals surface area contributed by atoms with E-state index in [1.54, 1.807) is 24.3 Å². The van der Waals surface area contributed by atoms with Crippen LogP contribution in [0.25, 0.3) is 6.08 Å². The van der Waals surface area contributed by atoms with E-state index in [9.17, 15) is 19.7 Å². The second kappa shape index (κ2) is 7.36. The first-order valence-electron chi connectivity index (χ1n) is 7.02. The maximum atomic E-state index is 11.6. The van der Waals surface area contributed by atoms with Crippen molar-refractivity contribution in [2.45, 2.75) is 13.0 Å². The van der Waals surface area contributed by atoms with Crippen LogP contribution in [0.3, 0.4) is 0 Å². The summed E-state index contributed by atoms with van der Waals surface area (Å²) in [6.45, 7) is 2.24. The number of benzene rings is 1. The van der Waals surface area contributed by atoms with Gasteiger partial charge in [-0.1, -0.05) is 12.1 Å². The fraction of sp³-hybridized carbons (Fsp3) is 0.267. The summed E-state index contributed by atoms with van der Waals surface area (Å²) < 4.78 is 10.7. The van der Waals surface area contributed by atoms with Crippen LogP contribution >= 0.6 is 0 Å². The zero-order valence-electron chi connectivity index (χ0n) is 13.0. The fourth-order valence-corrected chi connectivity index (χ4v) is 2.07. The molecular formula is C15H15N3O6. The highest BCUT2D eigenvalue weighted by molar-refractivity contribution is 6.21. The Morgan fingerprint density at radius 1 is 1.38 bits per heavy atom. The molecule has 0 saturated heterocycles. The van der Waals surface area contributed by atoms with Gasteiger partial charge in [-0.15, -0.1) is 0 Å². The van der Waals surface area contributed by atoms with Crippen LogP contribution in [0.1, 0.15) is 12.5 Å². The van der Waals surface area contributed by atoms with Gasteiger partial charge in [0.2, 0.25) is 0 Å². The molecule has 9 heteroatoms. The SMILES string of the molecule is CCOc1c(/C=C/C2=NC(=O)C([N+](=O)[O-])C(=O)N2)cccc1OC. The van der Waals surface area contributed by atoms with Crippen molar-refractivity contribution in [3.8, 4) is 11.5 Å². The Labute approximate surface area is 137 Å². The minimum absolute atomic E-state index is 0.0756. The van der Waals surface area contributed by atoms with Crippen molar-refractivity contribution < 1.29 is 24.0 Å². The van der Waals surface area contributed by atoms with Gasteiger partial charge in [0.15, 0.2) is 11.5 Å². The third-order valence-corrected chi connectivity index (χ3v) is 3.11. The van der Waals surface area contributed by atoms with Crippen molar-refractivity contribution >= 4 is 23.7 Å². The number of nitrogens with zero attached hydrogens (tertiary/aromatic N) is 2. The number of amidine groups is 1. The van der Waals surface area contributed by atoms with Crippen LogP contribution in [-0.2, 0) is 9.59 Å². The summed E-state index contributed by atoms with van der Waals surface area (Å²) in [4.78, 5) is 36.4. The molecule has 2 rings (SSSR count). The van der Waals surface area contributed by atoms with Crippen LogP contribution < -0.4 is 14.8 Å². The predicted molar refractivity (Wildman–Crippen MR) is 84.6 cm³/mol. The van der Waals surface area contributed by atoms with Gasteiger partial charge in [0.05, 0.1) is 13.7 Å². The summed E-state index contributed by atoms with van der Waals surface area (Å²) >= 11 is 0. The molecule has 0 fully saturated rings. The first kappa shape index (κ1) is 17.1. The lowest BCUT2D eigenvalue weighted by atomic mass is 10.1. The Bertz CT molecular complexity index is 741. The molecule has 1 atom stereocenters. The van der Waals surface area contributed by atoms with Crippen molar-refractivity contribution in [3.63, 3.8) is 0 Å². The van der Waals surface area contributed by atoms with E-state index in [0.717, 1.165) is 0 Å². The van der Waals surface area contributed by atoms with Gasteiger partial charge in [-0.25, -0.2) is 0 Å². The smallest absolute Gasteiger partial charge is 0.368 e. The summed E-state index contributed by atoms with van der Waals surface area (Å²) in [5, 5.41) is 12.9. The molecule has 1 aliphatic rings. The Hall–Kier alpha value is -3.23. The summed E-state index contributed by atoms with van der Waals surface area (Å²) in [6.07, 6.45) is 2.93. The van der Waals surface area contributed by atoms with Crippen molar-refractivity contribution in [2.24, 2.45) is 4.99 Å². The van der Waals surface area contributed by atoms with Crippen LogP contribution in [0.15, 0.2) is 29.3 Å². The molecule has 2 amide bonds. The van der Waals surface area contributed by atoms with Crippen LogP contribution in [0, 0.1) is 10.1 Å². The molecule has 126 valence electrons. The third-order valence-electron chi connectivity index (χ3n) is 3.11. The first-order chi connectivity index (χ1) is 11.5.